The Hall–Kier alpha value is -1.58. The Balaban J connectivity index is 3.03. The first-order valence-corrected chi connectivity index (χ1v) is 4.18. The number of ether oxygens (including phenoxy) is 1. The van der Waals surface area contributed by atoms with Gasteiger partial charge in [0.15, 0.2) is 17.3 Å². The lowest BCUT2D eigenvalue weighted by Crippen LogP contribution is -1.95. The third kappa shape index (κ3) is 2.02. The van der Waals surface area contributed by atoms with E-state index in [-0.39, 0.29) is 5.75 Å². The minimum Gasteiger partial charge on any atom is -0.502 e. The number of phenols is 1. The van der Waals surface area contributed by atoms with Crippen molar-refractivity contribution in [1.29, 1.82) is 0 Å². The molecule has 0 saturated carbocycles. The van der Waals surface area contributed by atoms with E-state index >= 15 is 0 Å². The van der Waals surface area contributed by atoms with Crippen molar-refractivity contribution >= 4 is 6.29 Å². The molecule has 0 spiro atoms. The predicted molar refractivity (Wildman–Crippen MR) is 49.0 cm³/mol. The number of phenolic OH excluding ortho intramolecular Hbond substituents is 1. The van der Waals surface area contributed by atoms with Gasteiger partial charge in [-0.05, 0) is 18.1 Å². The number of carbonyl (C=O) groups is 1. The van der Waals surface area contributed by atoms with Crippen LogP contribution in [0.2, 0.25) is 0 Å². The number of halogens is 1. The zero-order valence-electron chi connectivity index (χ0n) is 7.79. The van der Waals surface area contributed by atoms with Crippen molar-refractivity contribution in [2.75, 3.05) is 7.11 Å². The number of aryl methyl sites for hydroxylation is 1. The van der Waals surface area contributed by atoms with Gasteiger partial charge >= 0.3 is 0 Å². The molecule has 0 radical (unpaired) electrons. The molecule has 76 valence electrons. The van der Waals surface area contributed by atoms with Gasteiger partial charge in [0.05, 0.1) is 7.11 Å². The maximum atomic E-state index is 12.9. The second-order valence-corrected chi connectivity index (χ2v) is 2.79. The summed E-state index contributed by atoms with van der Waals surface area (Å²) in [5.41, 5.74) is 0.624. The third-order valence-corrected chi connectivity index (χ3v) is 1.90. The van der Waals surface area contributed by atoms with E-state index in [4.69, 9.17) is 4.74 Å². The number of hydrogen-bond donors (Lipinski definition) is 1. The van der Waals surface area contributed by atoms with E-state index in [0.717, 1.165) is 12.4 Å². The minimum atomic E-state index is -0.725. The van der Waals surface area contributed by atoms with Crippen molar-refractivity contribution in [2.24, 2.45) is 0 Å². The summed E-state index contributed by atoms with van der Waals surface area (Å²) in [6, 6.07) is 2.65. The topological polar surface area (TPSA) is 46.5 Å². The van der Waals surface area contributed by atoms with Crippen LogP contribution < -0.4 is 4.74 Å². The van der Waals surface area contributed by atoms with E-state index in [1.54, 1.807) is 0 Å². The van der Waals surface area contributed by atoms with Gasteiger partial charge in [0.2, 0.25) is 0 Å². The zero-order chi connectivity index (χ0) is 10.6. The van der Waals surface area contributed by atoms with Crippen LogP contribution in [-0.2, 0) is 11.2 Å². The summed E-state index contributed by atoms with van der Waals surface area (Å²) < 4.78 is 17.7. The Morgan fingerprint density at radius 2 is 2.29 bits per heavy atom. The molecule has 0 aromatic heterocycles. The Morgan fingerprint density at radius 3 is 2.86 bits per heavy atom. The van der Waals surface area contributed by atoms with Crippen LogP contribution >= 0.6 is 0 Å². The second kappa shape index (κ2) is 4.60. The van der Waals surface area contributed by atoms with Gasteiger partial charge < -0.3 is 14.6 Å². The van der Waals surface area contributed by atoms with Gasteiger partial charge in [0.1, 0.15) is 6.29 Å². The number of methoxy groups -OCH3 is 1. The van der Waals surface area contributed by atoms with Crippen LogP contribution in [0.5, 0.6) is 11.5 Å². The lowest BCUT2D eigenvalue weighted by atomic mass is 10.1. The largest absolute Gasteiger partial charge is 0.502 e. The highest BCUT2D eigenvalue weighted by atomic mass is 19.1. The number of aldehydes is 1. The Labute approximate surface area is 81.1 Å². The molecule has 0 unspecified atom stereocenters. The molecule has 0 amide bonds. The maximum absolute atomic E-state index is 12.9. The first-order valence-electron chi connectivity index (χ1n) is 4.18. The molecule has 0 fully saturated rings. The summed E-state index contributed by atoms with van der Waals surface area (Å²) in [6.45, 7) is 0. The van der Waals surface area contributed by atoms with Gasteiger partial charge in [-0.1, -0.05) is 6.07 Å². The molecule has 3 nitrogen and oxygen atoms in total. The molecule has 0 aliphatic heterocycles. The molecule has 0 bridgehead atoms. The number of hydrogen-bond acceptors (Lipinski definition) is 3. The van der Waals surface area contributed by atoms with Crippen molar-refractivity contribution in [3.63, 3.8) is 0 Å². The standard InChI is InChI=1S/C10H11FO3/c1-14-10-7(3-2-6-12)4-5-8(11)9(10)13/h4-6,13H,2-3H2,1H3. The zero-order valence-corrected chi connectivity index (χ0v) is 7.79. The van der Waals surface area contributed by atoms with Gasteiger partial charge in [-0.15, -0.1) is 0 Å². The molecule has 4 heteroatoms. The lowest BCUT2D eigenvalue weighted by Gasteiger charge is -2.09. The van der Waals surface area contributed by atoms with Crippen molar-refractivity contribution in [2.45, 2.75) is 12.8 Å². The fourth-order valence-corrected chi connectivity index (χ4v) is 1.23. The van der Waals surface area contributed by atoms with Crippen LogP contribution in [0.1, 0.15) is 12.0 Å². The van der Waals surface area contributed by atoms with Gasteiger partial charge in [0.25, 0.3) is 0 Å². The van der Waals surface area contributed by atoms with Crippen molar-refractivity contribution < 1.29 is 19.0 Å². The summed E-state index contributed by atoms with van der Waals surface area (Å²) >= 11 is 0. The molecular weight excluding hydrogens is 187 g/mol. The quantitative estimate of drug-likeness (QED) is 0.748. The van der Waals surface area contributed by atoms with E-state index < -0.39 is 11.6 Å². The van der Waals surface area contributed by atoms with Crippen molar-refractivity contribution in [3.8, 4) is 11.5 Å². The van der Waals surface area contributed by atoms with Crippen LogP contribution in [0.4, 0.5) is 4.39 Å². The monoisotopic (exact) mass is 198 g/mol. The molecule has 14 heavy (non-hydrogen) atoms. The number of rotatable bonds is 4. The van der Waals surface area contributed by atoms with Crippen LogP contribution in [0, 0.1) is 5.82 Å². The van der Waals surface area contributed by atoms with Crippen LogP contribution in [-0.4, -0.2) is 18.5 Å². The normalized spacial score (nSPS) is 9.86. The molecule has 1 N–H and O–H groups in total. The van der Waals surface area contributed by atoms with Crippen LogP contribution in [0.15, 0.2) is 12.1 Å². The fraction of sp³-hybridized carbons (Fsp3) is 0.300. The summed E-state index contributed by atoms with van der Waals surface area (Å²) in [6.07, 6.45) is 1.52. The average Bonchev–Trinajstić information content (AvgIpc) is 2.20. The molecule has 0 aliphatic carbocycles. The van der Waals surface area contributed by atoms with E-state index in [1.807, 2.05) is 0 Å². The minimum absolute atomic E-state index is 0.104. The summed E-state index contributed by atoms with van der Waals surface area (Å²) in [7, 11) is 1.35. The highest BCUT2D eigenvalue weighted by Crippen LogP contribution is 2.33. The maximum Gasteiger partial charge on any atom is 0.194 e. The smallest absolute Gasteiger partial charge is 0.194 e. The summed E-state index contributed by atoms with van der Waals surface area (Å²) in [4.78, 5) is 10.2. The van der Waals surface area contributed by atoms with Crippen molar-refractivity contribution in [3.05, 3.63) is 23.5 Å². The molecule has 0 aliphatic rings. The fourth-order valence-electron chi connectivity index (χ4n) is 1.23. The third-order valence-electron chi connectivity index (χ3n) is 1.90. The molecule has 0 heterocycles. The molecule has 1 aromatic rings. The predicted octanol–water partition coefficient (Wildman–Crippen LogP) is 1.67. The van der Waals surface area contributed by atoms with Crippen LogP contribution in [0.25, 0.3) is 0 Å². The summed E-state index contributed by atoms with van der Waals surface area (Å²) in [5.74, 6) is -1.13. The first-order chi connectivity index (χ1) is 6.70. The first kappa shape index (κ1) is 10.5. The number of aromatic hydroxyl groups is 1. The Bertz CT molecular complexity index is 336. The lowest BCUT2D eigenvalue weighted by molar-refractivity contribution is -0.107. The van der Waals surface area contributed by atoms with Gasteiger partial charge in [-0.25, -0.2) is 4.39 Å². The van der Waals surface area contributed by atoms with E-state index in [0.29, 0.717) is 18.4 Å². The number of benzene rings is 1. The molecule has 1 rings (SSSR count). The Kier molecular flexibility index (Phi) is 3.45. The van der Waals surface area contributed by atoms with Gasteiger partial charge in [-0.3, -0.25) is 0 Å². The van der Waals surface area contributed by atoms with Gasteiger partial charge in [-0.2, -0.15) is 0 Å². The Morgan fingerprint density at radius 1 is 1.57 bits per heavy atom. The van der Waals surface area contributed by atoms with Crippen molar-refractivity contribution in [1.82, 2.24) is 0 Å². The van der Waals surface area contributed by atoms with E-state index in [1.165, 1.54) is 13.2 Å². The average molecular weight is 198 g/mol. The molecule has 0 atom stereocenters. The molecule has 0 saturated heterocycles. The highest BCUT2D eigenvalue weighted by molar-refractivity contribution is 5.52. The molecule has 1 aromatic carbocycles. The summed E-state index contributed by atoms with van der Waals surface area (Å²) in [5, 5.41) is 9.29. The highest BCUT2D eigenvalue weighted by Gasteiger charge is 2.12. The SMILES string of the molecule is COc1c(CCC=O)ccc(F)c1O. The number of carbonyl (C=O) groups excluding carboxylic acids is 1. The van der Waals surface area contributed by atoms with E-state index in [2.05, 4.69) is 0 Å². The molecular formula is C10H11FO3. The second-order valence-electron chi connectivity index (χ2n) is 2.79. The van der Waals surface area contributed by atoms with E-state index in [9.17, 15) is 14.3 Å². The van der Waals surface area contributed by atoms with Crippen LogP contribution in [0.3, 0.4) is 0 Å². The van der Waals surface area contributed by atoms with Gasteiger partial charge in [0, 0.05) is 6.42 Å².